The van der Waals surface area contributed by atoms with Crippen molar-refractivity contribution in [3.63, 3.8) is 0 Å². The van der Waals surface area contributed by atoms with Gasteiger partial charge in [0.05, 0.1) is 74.9 Å². The number of nitrogens with one attached hydrogen (secondary N) is 4. The van der Waals surface area contributed by atoms with E-state index in [0.717, 1.165) is 34.6 Å². The third kappa shape index (κ3) is 8.49. The summed E-state index contributed by atoms with van der Waals surface area (Å²) in [5.41, 5.74) is 5.89. The van der Waals surface area contributed by atoms with Crippen molar-refractivity contribution in [1.82, 2.24) is 44.9 Å². The minimum atomic E-state index is -1.93. The van der Waals surface area contributed by atoms with Crippen molar-refractivity contribution in [2.45, 2.75) is 69.3 Å². The largest absolute Gasteiger partial charge is 0.470 e. The van der Waals surface area contributed by atoms with Crippen LogP contribution in [-0.4, -0.2) is 93.3 Å². The van der Waals surface area contributed by atoms with E-state index in [4.69, 9.17) is 24.2 Å². The summed E-state index contributed by atoms with van der Waals surface area (Å²) in [5.74, 6) is 0.622. The Kier molecular flexibility index (Phi) is 11.8. The summed E-state index contributed by atoms with van der Waals surface area (Å²) < 4.78 is 34.8. The predicted octanol–water partition coefficient (Wildman–Crippen LogP) is 9.13. The van der Waals surface area contributed by atoms with Crippen LogP contribution in [0.3, 0.4) is 0 Å². The first-order valence-electron chi connectivity index (χ1n) is 23.0. The zero-order chi connectivity index (χ0) is 48.1. The van der Waals surface area contributed by atoms with Gasteiger partial charge in [0.25, 0.3) is 5.91 Å². The Hall–Kier alpha value is -7.73. The molecule has 2 saturated heterocycles. The lowest BCUT2D eigenvalue weighted by Crippen LogP contribution is -2.44. The van der Waals surface area contributed by atoms with Gasteiger partial charge in [-0.15, -0.1) is 0 Å². The molecule has 0 bridgehead atoms. The molecule has 10 rings (SSSR count). The predicted molar refractivity (Wildman–Crippen MR) is 258 cm³/mol. The number of nitrogens with zero attached hydrogens (tertiary/aromatic N) is 5. The number of carbonyl (C=O) groups excluding carboxylic acids is 4. The van der Waals surface area contributed by atoms with Crippen LogP contribution in [0.25, 0.3) is 44.7 Å². The smallest absolute Gasteiger partial charge is 0.407 e. The molecule has 3 aliphatic rings. The molecule has 0 spiro atoms. The number of methoxy groups -OCH3 is 2. The molecule has 5 atom stereocenters. The van der Waals surface area contributed by atoms with Gasteiger partial charge in [-0.2, -0.15) is 0 Å². The number of amides is 4. The van der Waals surface area contributed by atoms with Crippen LogP contribution >= 0.6 is 0 Å². The van der Waals surface area contributed by atoms with E-state index in [2.05, 4.69) is 33.7 Å². The summed E-state index contributed by atoms with van der Waals surface area (Å²) >= 11 is 0. The van der Waals surface area contributed by atoms with Crippen LogP contribution in [0.4, 0.5) is 14.0 Å². The lowest BCUT2D eigenvalue weighted by Gasteiger charge is -2.29. The van der Waals surface area contributed by atoms with Crippen molar-refractivity contribution in [3.8, 4) is 39.5 Å². The van der Waals surface area contributed by atoms with Gasteiger partial charge in [-0.3, -0.25) is 9.59 Å². The van der Waals surface area contributed by atoms with E-state index < -0.39 is 44.4 Å². The van der Waals surface area contributed by atoms with E-state index >= 15 is 4.39 Å². The number of aromatic nitrogens is 5. The van der Waals surface area contributed by atoms with Crippen LogP contribution in [0, 0.1) is 5.82 Å². The molecule has 0 saturated carbocycles. The zero-order valence-electron chi connectivity index (χ0n) is 38.8. The summed E-state index contributed by atoms with van der Waals surface area (Å²) in [5, 5.41) is 6.31. The fourth-order valence-electron chi connectivity index (χ4n) is 10.2. The number of hydrogen-bond donors (Lipinski definition) is 4. The summed E-state index contributed by atoms with van der Waals surface area (Å²) in [7, 11) is 0.603. The number of imidazole rings is 2. The van der Waals surface area contributed by atoms with Gasteiger partial charge in [0.2, 0.25) is 5.91 Å². The Labute approximate surface area is 398 Å². The van der Waals surface area contributed by atoms with E-state index in [1.165, 1.54) is 20.3 Å². The van der Waals surface area contributed by atoms with Crippen LogP contribution in [0.15, 0.2) is 109 Å². The second-order valence-electron chi connectivity index (χ2n) is 18.6. The molecule has 0 aliphatic carbocycles. The average Bonchev–Trinajstić information content (AvgIpc) is 4.22. The maximum absolute atomic E-state index is 16.6. The molecule has 16 nitrogen and oxygen atoms in total. The first-order chi connectivity index (χ1) is 33.3. The van der Waals surface area contributed by atoms with Crippen molar-refractivity contribution < 1.29 is 37.8 Å². The Morgan fingerprint density at radius 3 is 1.99 bits per heavy atom. The molecule has 2 fully saturated rings. The van der Waals surface area contributed by atoms with Crippen molar-refractivity contribution in [1.29, 1.82) is 0 Å². The van der Waals surface area contributed by atoms with Crippen molar-refractivity contribution >= 4 is 43.0 Å². The molecule has 4 amide bonds. The summed E-state index contributed by atoms with van der Waals surface area (Å²) in [4.78, 5) is 73.1. The summed E-state index contributed by atoms with van der Waals surface area (Å²) in [6.07, 6.45) is 3.57. The maximum Gasteiger partial charge on any atom is 0.407 e. The summed E-state index contributed by atoms with van der Waals surface area (Å²) in [6, 6.07) is 27.6. The van der Waals surface area contributed by atoms with Crippen LogP contribution in [-0.2, 0) is 19.1 Å². The average molecular weight is 950 g/mol. The number of benzene rings is 4. The monoisotopic (exact) mass is 949 g/mol. The lowest BCUT2D eigenvalue weighted by atomic mass is 10.0. The molecule has 4 N–H and O–H groups in total. The number of halogens is 1. The zero-order valence-corrected chi connectivity index (χ0v) is 39.8. The van der Waals surface area contributed by atoms with Gasteiger partial charge < -0.3 is 49.2 Å². The SMILES string of the molecule is COC(=O)N[C@H](C(=O)N1CCC[C@H]1c1ncc(-c2ccc3c(c2)cc2n3C(C)Oc3cc(-c4cnc([C@@H]5C[Si](C)(C)CN5C(=O)[C@@H](NC(=O)OC)c5ccccc5)[nH]4)cc(F)c3-2)[nH]1)c1ccccc1. The van der Waals surface area contributed by atoms with Crippen LogP contribution < -0.4 is 15.4 Å². The highest BCUT2D eigenvalue weighted by atomic mass is 28.3. The molecule has 1 unspecified atom stereocenters. The van der Waals surface area contributed by atoms with Crippen LogP contribution in [0.5, 0.6) is 5.75 Å². The fourth-order valence-corrected chi connectivity index (χ4v) is 13.1. The topological polar surface area (TPSA) is 189 Å². The van der Waals surface area contributed by atoms with E-state index in [1.54, 1.807) is 46.5 Å². The second-order valence-corrected chi connectivity index (χ2v) is 23.6. The van der Waals surface area contributed by atoms with Gasteiger partial charge in [-0.05, 0) is 67.3 Å². The van der Waals surface area contributed by atoms with Crippen molar-refractivity contribution in [3.05, 3.63) is 138 Å². The highest BCUT2D eigenvalue weighted by molar-refractivity contribution is 6.78. The van der Waals surface area contributed by atoms with Gasteiger partial charge in [-0.25, -0.2) is 23.9 Å². The van der Waals surface area contributed by atoms with Crippen LogP contribution in [0.1, 0.15) is 72.9 Å². The number of H-pyrrole nitrogens is 2. The Balaban J connectivity index is 0.902. The molecule has 7 aromatic rings. The molecule has 6 heterocycles. The number of aromatic amines is 2. The van der Waals surface area contributed by atoms with E-state index in [1.807, 2.05) is 78.2 Å². The first-order valence-corrected chi connectivity index (χ1v) is 26.4. The molecule has 3 aromatic heterocycles. The molecule has 4 aromatic carbocycles. The third-order valence-corrected chi connectivity index (χ3v) is 16.1. The normalized spacial score (nSPS) is 19.0. The molecule has 0 radical (unpaired) electrons. The highest BCUT2D eigenvalue weighted by Crippen LogP contribution is 2.46. The quantitative estimate of drug-likeness (QED) is 0.0970. The van der Waals surface area contributed by atoms with Gasteiger partial charge in [0, 0.05) is 29.2 Å². The highest BCUT2D eigenvalue weighted by Gasteiger charge is 2.46. The van der Waals surface area contributed by atoms with Crippen molar-refractivity contribution in [2.75, 3.05) is 26.9 Å². The molecule has 3 aliphatic heterocycles. The number of ether oxygens (including phenoxy) is 3. The molecule has 354 valence electrons. The van der Waals surface area contributed by atoms with Gasteiger partial charge >= 0.3 is 12.2 Å². The minimum absolute atomic E-state index is 0.252. The third-order valence-electron chi connectivity index (χ3n) is 13.4. The minimum Gasteiger partial charge on any atom is -0.470 e. The summed E-state index contributed by atoms with van der Waals surface area (Å²) in [6.45, 7) is 6.87. The van der Waals surface area contributed by atoms with E-state index in [9.17, 15) is 19.2 Å². The standard InChI is InChI=1S/C51H52FN9O7Si/c1-29-61-38-19-18-32(36-25-53-46(55-36)39-17-12-20-59(39)48(62)44(57-50(64)66-2)30-13-8-6-9-14-30)21-34(38)23-40(61)43-35(52)22-33(24-42(43)68-29)37-26-54-47(56-37)41-27-69(4,5)28-60(41)49(63)45(58-51(65)67-3)31-15-10-7-11-16-31/h6-11,13-16,18-19,21-26,29,39,41,44-45H,12,17,20,27-28H2,1-5H3,(H,53,55)(H,54,56)(H,57,64)(H,58,65)/t29?,39-,41-,44-,45-/m0/s1. The molecular weight excluding hydrogens is 898 g/mol. The maximum atomic E-state index is 16.6. The number of carbonyl (C=O) groups is 4. The second kappa shape index (κ2) is 18.1. The van der Waals surface area contributed by atoms with Gasteiger partial charge in [-0.1, -0.05) is 79.8 Å². The number of alkyl carbamates (subject to hydrolysis) is 2. The Bertz CT molecular complexity index is 3100. The van der Waals surface area contributed by atoms with E-state index in [0.29, 0.717) is 70.2 Å². The van der Waals surface area contributed by atoms with Gasteiger partial charge in [0.15, 0.2) is 6.23 Å². The first kappa shape index (κ1) is 45.1. The Morgan fingerprint density at radius 1 is 0.768 bits per heavy atom. The number of hydrogen-bond acceptors (Lipinski definition) is 9. The number of likely N-dealkylation sites (tertiary alicyclic amines) is 1. The van der Waals surface area contributed by atoms with Crippen LogP contribution in [0.2, 0.25) is 19.1 Å². The fraction of sp³-hybridized carbons (Fsp3) is 0.294. The van der Waals surface area contributed by atoms with Crippen molar-refractivity contribution in [2.24, 2.45) is 0 Å². The number of fused-ring (bicyclic) bond motifs is 5. The molecular formula is C51H52FN9O7Si. The van der Waals surface area contributed by atoms with E-state index in [-0.39, 0.29) is 23.9 Å². The molecule has 18 heteroatoms. The Morgan fingerprint density at radius 2 is 1.36 bits per heavy atom. The lowest BCUT2D eigenvalue weighted by molar-refractivity contribution is -0.135. The molecule has 69 heavy (non-hydrogen) atoms. The van der Waals surface area contributed by atoms with Gasteiger partial charge in [0.1, 0.15) is 35.3 Å². The number of rotatable bonds is 10.